The van der Waals surface area contributed by atoms with Crippen molar-refractivity contribution in [1.29, 1.82) is 0 Å². The Morgan fingerprint density at radius 2 is 1.85 bits per heavy atom. The molecule has 1 heterocycles. The Morgan fingerprint density at radius 1 is 1.15 bits per heavy atom. The predicted molar refractivity (Wildman–Crippen MR) is 151 cm³/mol. The van der Waals surface area contributed by atoms with Gasteiger partial charge in [-0.05, 0) is 42.8 Å². The van der Waals surface area contributed by atoms with Gasteiger partial charge in [-0.15, -0.1) is 0 Å². The number of ether oxygens (including phenoxy) is 2. The highest BCUT2D eigenvalue weighted by Gasteiger charge is 2.38. The molecule has 1 aliphatic heterocycles. The molecule has 0 radical (unpaired) electrons. The number of sulfonamides is 1. The van der Waals surface area contributed by atoms with Gasteiger partial charge in [-0.1, -0.05) is 49.4 Å². The molecule has 0 saturated carbocycles. The Labute approximate surface area is 230 Å². The van der Waals surface area contributed by atoms with Crippen LogP contribution in [0.25, 0.3) is 11.1 Å². The highest BCUT2D eigenvalue weighted by molar-refractivity contribution is 7.89. The van der Waals surface area contributed by atoms with Gasteiger partial charge < -0.3 is 24.8 Å². The number of carbonyl (C=O) groups is 1. The molecule has 2 amide bonds. The number of hydrogen-bond acceptors (Lipinski definition) is 6. The van der Waals surface area contributed by atoms with Gasteiger partial charge in [0.1, 0.15) is 22.5 Å². The summed E-state index contributed by atoms with van der Waals surface area (Å²) in [5.74, 6) is 0.523. The van der Waals surface area contributed by atoms with E-state index in [2.05, 4.69) is 5.32 Å². The van der Waals surface area contributed by atoms with Crippen molar-refractivity contribution in [3.05, 3.63) is 72.8 Å². The lowest BCUT2D eigenvalue weighted by Gasteiger charge is -2.37. The second-order valence-electron chi connectivity index (χ2n) is 9.78. The van der Waals surface area contributed by atoms with Crippen molar-refractivity contribution >= 4 is 21.7 Å². The number of urea groups is 1. The molecule has 0 unspecified atom stereocenters. The molecular weight excluding hydrogens is 518 g/mol. The summed E-state index contributed by atoms with van der Waals surface area (Å²) in [7, 11) is -0.737. The van der Waals surface area contributed by atoms with E-state index >= 15 is 0 Å². The highest BCUT2D eigenvalue weighted by Crippen LogP contribution is 2.38. The standard InChI is InChI=1S/C29H35N3O6S/c1-20-17-32(21(2)19-33)39(35,36)28-15-14-22(24-12-8-9-13-25(24)37-4)16-26(28)38-27(20)18-31(3)29(34)30-23-10-6-5-7-11-23/h5-16,20-21,27,33H,17-19H2,1-4H3,(H,30,34)/t20-,21-,27+/m1/s1. The van der Waals surface area contributed by atoms with Gasteiger partial charge in [0, 0.05) is 36.8 Å². The molecule has 4 rings (SSSR count). The molecule has 0 spiro atoms. The maximum Gasteiger partial charge on any atom is 0.321 e. The summed E-state index contributed by atoms with van der Waals surface area (Å²) >= 11 is 0. The minimum absolute atomic E-state index is 0.00902. The summed E-state index contributed by atoms with van der Waals surface area (Å²) in [5.41, 5.74) is 2.18. The van der Waals surface area contributed by atoms with Crippen LogP contribution in [0.15, 0.2) is 77.7 Å². The Hall–Kier alpha value is -3.60. The molecule has 2 N–H and O–H groups in total. The number of aliphatic hydroxyl groups excluding tert-OH is 1. The molecular formula is C29H35N3O6S. The summed E-state index contributed by atoms with van der Waals surface area (Å²) in [6.07, 6.45) is -0.535. The van der Waals surface area contributed by atoms with E-state index in [1.807, 2.05) is 49.4 Å². The van der Waals surface area contributed by atoms with Gasteiger partial charge in [0.15, 0.2) is 0 Å². The normalized spacial score (nSPS) is 19.5. The first-order valence-corrected chi connectivity index (χ1v) is 14.2. The first-order chi connectivity index (χ1) is 18.6. The topological polar surface area (TPSA) is 108 Å². The maximum absolute atomic E-state index is 13.8. The van der Waals surface area contributed by atoms with Crippen LogP contribution in [0.2, 0.25) is 0 Å². The lowest BCUT2D eigenvalue weighted by Crippen LogP contribution is -2.50. The summed E-state index contributed by atoms with van der Waals surface area (Å²) in [4.78, 5) is 14.5. The number of anilines is 1. The molecule has 0 bridgehead atoms. The Balaban J connectivity index is 1.72. The van der Waals surface area contributed by atoms with E-state index in [9.17, 15) is 18.3 Å². The smallest absolute Gasteiger partial charge is 0.321 e. The molecule has 3 aromatic carbocycles. The number of nitrogens with one attached hydrogen (secondary N) is 1. The van der Waals surface area contributed by atoms with E-state index in [0.717, 1.165) is 11.1 Å². The molecule has 3 atom stereocenters. The largest absolute Gasteiger partial charge is 0.496 e. The van der Waals surface area contributed by atoms with Crippen LogP contribution in [0.4, 0.5) is 10.5 Å². The minimum atomic E-state index is -3.99. The van der Waals surface area contributed by atoms with Crippen molar-refractivity contribution in [3.63, 3.8) is 0 Å². The van der Waals surface area contributed by atoms with Crippen LogP contribution in [0, 0.1) is 5.92 Å². The highest BCUT2D eigenvalue weighted by atomic mass is 32.2. The second-order valence-corrected chi connectivity index (χ2v) is 11.6. The molecule has 208 valence electrons. The molecule has 0 aromatic heterocycles. The van der Waals surface area contributed by atoms with Crippen molar-refractivity contribution in [2.75, 3.05) is 39.2 Å². The zero-order chi connectivity index (χ0) is 28.2. The van der Waals surface area contributed by atoms with Crippen LogP contribution >= 0.6 is 0 Å². The van der Waals surface area contributed by atoms with Gasteiger partial charge in [-0.25, -0.2) is 13.2 Å². The lowest BCUT2D eigenvalue weighted by molar-refractivity contribution is 0.0830. The SMILES string of the molecule is COc1ccccc1-c1ccc2c(c1)O[C@@H](CN(C)C(=O)Nc1ccccc1)[C@H](C)CN([C@H](C)CO)S2(=O)=O. The third kappa shape index (κ3) is 6.19. The number of nitrogens with zero attached hydrogens (tertiary/aromatic N) is 2. The Kier molecular flexibility index (Phi) is 8.79. The van der Waals surface area contributed by atoms with E-state index in [1.54, 1.807) is 45.3 Å². The van der Waals surface area contributed by atoms with Crippen LogP contribution in [-0.4, -0.2) is 74.8 Å². The van der Waals surface area contributed by atoms with Crippen LogP contribution in [0.3, 0.4) is 0 Å². The molecule has 39 heavy (non-hydrogen) atoms. The molecule has 3 aromatic rings. The predicted octanol–water partition coefficient (Wildman–Crippen LogP) is 4.29. The van der Waals surface area contributed by atoms with Crippen molar-refractivity contribution in [2.45, 2.75) is 30.9 Å². The summed E-state index contributed by atoms with van der Waals surface area (Å²) in [5, 5.41) is 12.7. The summed E-state index contributed by atoms with van der Waals surface area (Å²) in [6, 6.07) is 20.6. The van der Waals surface area contributed by atoms with Gasteiger partial charge in [0.25, 0.3) is 0 Å². The van der Waals surface area contributed by atoms with E-state index < -0.39 is 22.2 Å². The zero-order valence-corrected chi connectivity index (χ0v) is 23.4. The number of methoxy groups -OCH3 is 1. The van der Waals surface area contributed by atoms with Gasteiger partial charge in [-0.2, -0.15) is 4.31 Å². The summed E-state index contributed by atoms with van der Waals surface area (Å²) < 4.78 is 40.8. The number of fused-ring (bicyclic) bond motifs is 1. The number of carbonyl (C=O) groups excluding carboxylic acids is 1. The fourth-order valence-electron chi connectivity index (χ4n) is 4.59. The number of likely N-dealkylation sites (N-methyl/N-ethyl adjacent to an activating group) is 1. The molecule has 0 aliphatic carbocycles. The van der Waals surface area contributed by atoms with E-state index in [4.69, 9.17) is 9.47 Å². The number of aliphatic hydroxyl groups is 1. The first kappa shape index (κ1) is 28.4. The van der Waals surface area contributed by atoms with Gasteiger partial charge in [-0.3, -0.25) is 0 Å². The summed E-state index contributed by atoms with van der Waals surface area (Å²) in [6.45, 7) is 3.56. The molecule has 9 nitrogen and oxygen atoms in total. The second kappa shape index (κ2) is 12.1. The van der Waals surface area contributed by atoms with E-state index in [1.165, 1.54) is 15.3 Å². The van der Waals surface area contributed by atoms with Crippen LogP contribution in [0.5, 0.6) is 11.5 Å². The third-order valence-corrected chi connectivity index (χ3v) is 8.93. The van der Waals surface area contributed by atoms with Crippen LogP contribution < -0.4 is 14.8 Å². The average Bonchev–Trinajstić information content (AvgIpc) is 2.94. The number of amides is 2. The average molecular weight is 554 g/mol. The molecule has 10 heteroatoms. The Bertz CT molecular complexity index is 1400. The van der Waals surface area contributed by atoms with Crippen molar-refractivity contribution in [1.82, 2.24) is 9.21 Å². The molecule has 1 aliphatic rings. The quantitative estimate of drug-likeness (QED) is 0.452. The molecule has 0 fully saturated rings. The van der Waals surface area contributed by atoms with Crippen molar-refractivity contribution in [3.8, 4) is 22.6 Å². The lowest BCUT2D eigenvalue weighted by atomic mass is 10.0. The van der Waals surface area contributed by atoms with Crippen LogP contribution in [0.1, 0.15) is 13.8 Å². The number of benzene rings is 3. The number of hydrogen-bond donors (Lipinski definition) is 2. The number of rotatable bonds is 7. The van der Waals surface area contributed by atoms with E-state index in [-0.39, 0.29) is 42.3 Å². The maximum atomic E-state index is 13.8. The first-order valence-electron chi connectivity index (χ1n) is 12.8. The van der Waals surface area contributed by atoms with Gasteiger partial charge >= 0.3 is 6.03 Å². The van der Waals surface area contributed by atoms with Crippen molar-refractivity contribution < 1.29 is 27.8 Å². The molecule has 0 saturated heterocycles. The Morgan fingerprint density at radius 3 is 2.54 bits per heavy atom. The van der Waals surface area contributed by atoms with Gasteiger partial charge in [0.05, 0.1) is 20.3 Å². The zero-order valence-electron chi connectivity index (χ0n) is 22.6. The van der Waals surface area contributed by atoms with Crippen molar-refractivity contribution in [2.24, 2.45) is 5.92 Å². The third-order valence-electron chi connectivity index (χ3n) is 6.91. The van der Waals surface area contributed by atoms with Gasteiger partial charge in [0.2, 0.25) is 10.0 Å². The fourth-order valence-corrected chi connectivity index (χ4v) is 6.41. The fraction of sp³-hybridized carbons (Fsp3) is 0.345. The number of para-hydroxylation sites is 2. The minimum Gasteiger partial charge on any atom is -0.496 e. The monoisotopic (exact) mass is 553 g/mol. The van der Waals surface area contributed by atoms with Crippen LogP contribution in [-0.2, 0) is 10.0 Å². The van der Waals surface area contributed by atoms with E-state index in [0.29, 0.717) is 11.4 Å².